The van der Waals surface area contributed by atoms with Crippen LogP contribution in [0.3, 0.4) is 0 Å². The van der Waals surface area contributed by atoms with Gasteiger partial charge in [0.15, 0.2) is 6.04 Å². The molecule has 6 unspecified atom stereocenters. The molecule has 5 rings (SSSR count). The molecule has 0 bridgehead atoms. The average Bonchev–Trinajstić information content (AvgIpc) is 3.17. The van der Waals surface area contributed by atoms with Gasteiger partial charge >= 0.3 is 5.88 Å². The summed E-state index contributed by atoms with van der Waals surface area (Å²) >= 11 is 0. The molecule has 1 saturated heterocycles. The average molecular weight is 539 g/mol. The van der Waals surface area contributed by atoms with E-state index in [0.29, 0.717) is 36.4 Å². The lowest BCUT2D eigenvalue weighted by Crippen LogP contribution is -2.56. The summed E-state index contributed by atoms with van der Waals surface area (Å²) in [5, 5.41) is 27.3. The highest BCUT2D eigenvalue weighted by atomic mass is 19.2. The number of benzene rings is 1. The Morgan fingerprint density at radius 1 is 1.28 bits per heavy atom. The van der Waals surface area contributed by atoms with Gasteiger partial charge in [-0.05, 0) is 53.9 Å². The van der Waals surface area contributed by atoms with Gasteiger partial charge < -0.3 is 25.1 Å². The number of carbonyl (C=O) groups excluding carboxylic acids is 2. The van der Waals surface area contributed by atoms with Gasteiger partial charge in [0.25, 0.3) is 0 Å². The molecule has 210 valence electrons. The minimum atomic E-state index is -1.73. The predicted molar refractivity (Wildman–Crippen MR) is 142 cm³/mol. The number of halogens is 1. The SMILES string of the molecule is CCC(O)(C1=CC(=O)C2=C(C1)CC1C[N+]3(F)C(OCc4ccccc4)=CCCC3C1N2)C(C(=O)[O-])C(C)(C)C. The monoisotopic (exact) mass is 538 g/mol. The number of carboxylic acids is 1. The summed E-state index contributed by atoms with van der Waals surface area (Å²) in [7, 11) is 0. The van der Waals surface area contributed by atoms with E-state index < -0.39 is 27.6 Å². The molecule has 1 aromatic rings. The first-order valence-corrected chi connectivity index (χ1v) is 14.0. The van der Waals surface area contributed by atoms with Crippen molar-refractivity contribution in [3.05, 3.63) is 70.8 Å². The predicted octanol–water partition coefficient (Wildman–Crippen LogP) is 3.61. The van der Waals surface area contributed by atoms with Crippen LogP contribution in [-0.2, 0) is 20.9 Å². The Kier molecular flexibility index (Phi) is 7.00. The fourth-order valence-electron chi connectivity index (χ4n) is 7.39. The highest BCUT2D eigenvalue weighted by Gasteiger charge is 2.62. The molecule has 1 aromatic carbocycles. The van der Waals surface area contributed by atoms with Gasteiger partial charge in [-0.2, -0.15) is 0 Å². The van der Waals surface area contributed by atoms with Crippen LogP contribution >= 0.6 is 0 Å². The summed E-state index contributed by atoms with van der Waals surface area (Å²) in [6.07, 6.45) is 5.49. The number of hydrogen-bond acceptors (Lipinski definition) is 6. The lowest BCUT2D eigenvalue weighted by Gasteiger charge is -2.46. The maximum atomic E-state index is 16.7. The minimum Gasteiger partial charge on any atom is -0.550 e. The minimum absolute atomic E-state index is 0.0676. The topological polar surface area (TPSA) is 98.7 Å². The van der Waals surface area contributed by atoms with E-state index in [0.717, 1.165) is 11.1 Å². The molecule has 1 fully saturated rings. The molecule has 2 N–H and O–H groups in total. The zero-order valence-corrected chi connectivity index (χ0v) is 23.2. The molecule has 0 aromatic heterocycles. The van der Waals surface area contributed by atoms with Crippen LogP contribution < -0.4 is 10.4 Å². The molecule has 8 heteroatoms. The van der Waals surface area contributed by atoms with E-state index in [1.54, 1.807) is 27.7 Å². The molecule has 0 amide bonds. The molecule has 39 heavy (non-hydrogen) atoms. The maximum absolute atomic E-state index is 16.7. The molecule has 1 aliphatic carbocycles. The molecule has 4 aliphatic rings. The van der Waals surface area contributed by atoms with Crippen LogP contribution in [0.25, 0.3) is 0 Å². The van der Waals surface area contributed by atoms with Crippen molar-refractivity contribution in [2.45, 2.75) is 84.1 Å². The van der Waals surface area contributed by atoms with Gasteiger partial charge in [0.05, 0.1) is 17.3 Å². The summed E-state index contributed by atoms with van der Waals surface area (Å²) in [6.45, 7) is 7.49. The van der Waals surface area contributed by atoms with Gasteiger partial charge in [0.2, 0.25) is 5.78 Å². The summed E-state index contributed by atoms with van der Waals surface area (Å²) in [4.78, 5) is 25.6. The second kappa shape index (κ2) is 9.89. The van der Waals surface area contributed by atoms with E-state index in [1.807, 2.05) is 36.4 Å². The number of carboxylic acid groups (broad SMARTS) is 1. The molecule has 0 radical (unpaired) electrons. The van der Waals surface area contributed by atoms with Crippen LogP contribution in [0, 0.1) is 17.3 Å². The normalized spacial score (nSPS) is 30.6. The standard InChI is InChI=1S/C31H39FN2O5/c1-5-31(38,28(29(36)37)30(2,3)4)22-15-20-14-21-17-34(32)23(26(21)33-27(20)24(35)16-22)12-9-13-25(34)39-18-19-10-7-6-8-11-19/h6-8,10-11,13,16,21,23,26,28,33,38H,5,9,12,14-15,17-18H2,1-4H3. The van der Waals surface area contributed by atoms with Crippen molar-refractivity contribution >= 4 is 11.8 Å². The molecule has 3 aliphatic heterocycles. The number of nitrogens with zero attached hydrogens (tertiary/aromatic N) is 1. The van der Waals surface area contributed by atoms with Crippen molar-refractivity contribution in [1.82, 2.24) is 5.32 Å². The number of aliphatic carboxylic acids is 1. The Balaban J connectivity index is 1.37. The third-order valence-electron chi connectivity index (χ3n) is 9.13. The van der Waals surface area contributed by atoms with Gasteiger partial charge in [-0.1, -0.05) is 62.7 Å². The van der Waals surface area contributed by atoms with Crippen molar-refractivity contribution in [3.63, 3.8) is 0 Å². The number of ether oxygens (including phenoxy) is 1. The van der Waals surface area contributed by atoms with Crippen molar-refractivity contribution in [3.8, 4) is 0 Å². The van der Waals surface area contributed by atoms with Crippen LogP contribution in [0.1, 0.15) is 65.4 Å². The summed E-state index contributed by atoms with van der Waals surface area (Å²) in [5.74, 6) is -2.57. The Morgan fingerprint density at radius 3 is 2.64 bits per heavy atom. The van der Waals surface area contributed by atoms with Crippen LogP contribution in [0.15, 0.2) is 65.2 Å². The zero-order chi connectivity index (χ0) is 28.2. The Bertz CT molecular complexity index is 1250. The number of carbonyl (C=O) groups is 2. The van der Waals surface area contributed by atoms with Gasteiger partial charge in [-0.25, -0.2) is 0 Å². The van der Waals surface area contributed by atoms with E-state index in [9.17, 15) is 19.8 Å². The first kappa shape index (κ1) is 27.6. The summed E-state index contributed by atoms with van der Waals surface area (Å²) < 4.78 is 22.0. The number of allylic oxidation sites excluding steroid dienone is 3. The van der Waals surface area contributed by atoms with Gasteiger partial charge in [0, 0.05) is 34.8 Å². The van der Waals surface area contributed by atoms with Gasteiger partial charge in [-0.15, -0.1) is 0 Å². The molecule has 3 heterocycles. The lowest BCUT2D eigenvalue weighted by molar-refractivity contribution is -1.05. The zero-order valence-electron chi connectivity index (χ0n) is 23.2. The first-order valence-electron chi connectivity index (χ1n) is 14.0. The smallest absolute Gasteiger partial charge is 0.327 e. The Labute approximate surface area is 229 Å². The Morgan fingerprint density at radius 2 is 2.00 bits per heavy atom. The van der Waals surface area contributed by atoms with E-state index >= 15 is 4.48 Å². The fraction of sp³-hybridized carbons (Fsp3) is 0.548. The number of nitrogens with one attached hydrogen (secondary N) is 1. The van der Waals surface area contributed by atoms with E-state index in [1.165, 1.54) is 6.08 Å². The third-order valence-corrected chi connectivity index (χ3v) is 9.13. The maximum Gasteiger partial charge on any atom is 0.327 e. The largest absolute Gasteiger partial charge is 0.550 e. The lowest BCUT2D eigenvalue weighted by atomic mass is 9.64. The molecule has 6 atom stereocenters. The highest BCUT2D eigenvalue weighted by molar-refractivity contribution is 6.06. The molecule has 7 nitrogen and oxygen atoms in total. The Hall–Kier alpha value is -2.97. The van der Waals surface area contributed by atoms with E-state index in [-0.39, 0.29) is 49.8 Å². The van der Waals surface area contributed by atoms with Crippen LogP contribution in [0.4, 0.5) is 4.48 Å². The van der Waals surface area contributed by atoms with E-state index in [2.05, 4.69) is 5.32 Å². The van der Waals surface area contributed by atoms with Crippen molar-refractivity contribution in [2.24, 2.45) is 17.3 Å². The number of quaternary nitrogens is 1. The third kappa shape index (κ3) is 4.72. The molecular weight excluding hydrogens is 499 g/mol. The second-order valence-electron chi connectivity index (χ2n) is 12.6. The number of hydrogen-bond donors (Lipinski definition) is 2. The van der Waals surface area contributed by atoms with Crippen LogP contribution in [-0.4, -0.2) is 45.8 Å². The summed E-state index contributed by atoms with van der Waals surface area (Å²) in [5.41, 5.74) is 0.110. The van der Waals surface area contributed by atoms with Crippen LogP contribution in [0.2, 0.25) is 0 Å². The quantitative estimate of drug-likeness (QED) is 0.515. The van der Waals surface area contributed by atoms with Gasteiger partial charge in [-0.3, -0.25) is 4.79 Å². The molecule has 0 saturated carbocycles. The summed E-state index contributed by atoms with van der Waals surface area (Å²) in [6, 6.07) is 9.10. The fourth-order valence-corrected chi connectivity index (χ4v) is 7.39. The number of ketones is 1. The number of fused-ring (bicyclic) bond motifs is 3. The number of aliphatic hydroxyl groups is 1. The van der Waals surface area contributed by atoms with Crippen LogP contribution in [0.5, 0.6) is 0 Å². The first-order chi connectivity index (χ1) is 18.4. The molecular formula is C31H39FN2O5. The van der Waals surface area contributed by atoms with Gasteiger partial charge in [0.1, 0.15) is 13.2 Å². The number of rotatable bonds is 7. The highest BCUT2D eigenvalue weighted by Crippen LogP contribution is 2.50. The van der Waals surface area contributed by atoms with Crippen molar-refractivity contribution in [1.29, 1.82) is 0 Å². The molecule has 0 spiro atoms. The van der Waals surface area contributed by atoms with Crippen molar-refractivity contribution < 1.29 is 33.7 Å². The van der Waals surface area contributed by atoms with E-state index in [4.69, 9.17) is 4.74 Å². The van der Waals surface area contributed by atoms with Crippen molar-refractivity contribution in [2.75, 3.05) is 6.54 Å². The second-order valence-corrected chi connectivity index (χ2v) is 12.6.